The van der Waals surface area contributed by atoms with Crippen LogP contribution in [0, 0.1) is 40.9 Å². The molecule has 0 spiro atoms. The average Bonchev–Trinajstić information content (AvgIpc) is 2.77. The van der Waals surface area contributed by atoms with Crippen LogP contribution in [-0.2, 0) is 11.3 Å². The standard InChI is InChI=1S/C26H15F5O/c1-32-14-16-2-6-17(7-3-16)18-11-22(27)21(23(28)12-18)9-5-15-4-8-20-19(10-15)13-24(29)26(31)25(20)30/h2-4,6-8,10-13H,14H2,1H3. The van der Waals surface area contributed by atoms with Crippen LogP contribution in [0.4, 0.5) is 22.0 Å². The van der Waals surface area contributed by atoms with Crippen LogP contribution in [0.1, 0.15) is 16.7 Å². The summed E-state index contributed by atoms with van der Waals surface area (Å²) in [5.74, 6) is -0.858. The molecule has 0 saturated heterocycles. The first-order chi connectivity index (χ1) is 15.4. The summed E-state index contributed by atoms with van der Waals surface area (Å²) in [6, 6.07) is 14.2. The summed E-state index contributed by atoms with van der Waals surface area (Å²) < 4.78 is 74.9. The fourth-order valence-corrected chi connectivity index (χ4v) is 3.34. The van der Waals surface area contributed by atoms with Gasteiger partial charge in [0.1, 0.15) is 11.6 Å². The predicted octanol–water partition coefficient (Wildman–Crippen LogP) is 6.75. The quantitative estimate of drug-likeness (QED) is 0.195. The highest BCUT2D eigenvalue weighted by Crippen LogP contribution is 2.26. The molecule has 0 saturated carbocycles. The number of fused-ring (bicyclic) bond motifs is 1. The highest BCUT2D eigenvalue weighted by molar-refractivity contribution is 5.84. The summed E-state index contributed by atoms with van der Waals surface area (Å²) in [7, 11) is 1.58. The van der Waals surface area contributed by atoms with Gasteiger partial charge < -0.3 is 4.74 Å². The molecule has 0 aromatic heterocycles. The first-order valence-electron chi connectivity index (χ1n) is 9.54. The minimum atomic E-state index is -1.56. The third-order valence-electron chi connectivity index (χ3n) is 4.94. The lowest BCUT2D eigenvalue weighted by Crippen LogP contribution is -1.94. The van der Waals surface area contributed by atoms with Gasteiger partial charge in [-0.2, -0.15) is 0 Å². The Labute approximate surface area is 181 Å². The van der Waals surface area contributed by atoms with Crippen LogP contribution in [0.2, 0.25) is 0 Å². The Bertz CT molecular complexity index is 1360. The molecule has 4 rings (SSSR count). The molecule has 0 fully saturated rings. The van der Waals surface area contributed by atoms with Crippen molar-refractivity contribution in [1.82, 2.24) is 0 Å². The maximum absolute atomic E-state index is 14.6. The van der Waals surface area contributed by atoms with Gasteiger partial charge in [0, 0.05) is 18.1 Å². The molecule has 0 unspecified atom stereocenters. The van der Waals surface area contributed by atoms with E-state index in [1.54, 1.807) is 31.4 Å². The third kappa shape index (κ3) is 4.20. The molecule has 160 valence electrons. The van der Waals surface area contributed by atoms with Crippen molar-refractivity contribution in [3.8, 4) is 23.0 Å². The molecule has 0 N–H and O–H groups in total. The van der Waals surface area contributed by atoms with E-state index >= 15 is 0 Å². The Balaban J connectivity index is 1.67. The molecule has 4 aromatic rings. The summed E-state index contributed by atoms with van der Waals surface area (Å²) in [5, 5.41) is -0.0332. The van der Waals surface area contributed by atoms with E-state index in [1.807, 2.05) is 0 Å². The minimum absolute atomic E-state index is 0.0846. The zero-order valence-electron chi connectivity index (χ0n) is 16.8. The lowest BCUT2D eigenvalue weighted by molar-refractivity contribution is 0.185. The van der Waals surface area contributed by atoms with Crippen LogP contribution < -0.4 is 0 Å². The molecule has 0 aliphatic heterocycles. The normalized spacial score (nSPS) is 10.8. The second-order valence-corrected chi connectivity index (χ2v) is 7.12. The second kappa shape index (κ2) is 8.81. The first kappa shape index (κ1) is 21.5. The lowest BCUT2D eigenvalue weighted by Gasteiger charge is -2.06. The summed E-state index contributed by atoms with van der Waals surface area (Å²) in [6.45, 7) is 0.431. The van der Waals surface area contributed by atoms with Gasteiger partial charge in [-0.05, 0) is 52.4 Å². The van der Waals surface area contributed by atoms with E-state index in [1.165, 1.54) is 30.3 Å². The monoisotopic (exact) mass is 438 g/mol. The van der Waals surface area contributed by atoms with Crippen molar-refractivity contribution in [3.05, 3.63) is 106 Å². The molecule has 0 amide bonds. The number of hydrogen-bond acceptors (Lipinski definition) is 1. The maximum atomic E-state index is 14.6. The molecule has 32 heavy (non-hydrogen) atoms. The molecule has 0 bridgehead atoms. The predicted molar refractivity (Wildman–Crippen MR) is 112 cm³/mol. The summed E-state index contributed by atoms with van der Waals surface area (Å²) in [4.78, 5) is 0. The summed E-state index contributed by atoms with van der Waals surface area (Å²) in [6.07, 6.45) is 0. The van der Waals surface area contributed by atoms with Crippen molar-refractivity contribution in [2.45, 2.75) is 6.61 Å². The zero-order chi connectivity index (χ0) is 22.8. The molecule has 0 atom stereocenters. The topological polar surface area (TPSA) is 9.23 Å². The smallest absolute Gasteiger partial charge is 0.195 e. The van der Waals surface area contributed by atoms with Crippen molar-refractivity contribution < 1.29 is 26.7 Å². The van der Waals surface area contributed by atoms with Gasteiger partial charge in [0.05, 0.1) is 12.2 Å². The second-order valence-electron chi connectivity index (χ2n) is 7.12. The Morgan fingerprint density at radius 3 is 2.03 bits per heavy atom. The number of ether oxygens (including phenoxy) is 1. The van der Waals surface area contributed by atoms with Crippen LogP contribution in [0.5, 0.6) is 0 Å². The van der Waals surface area contributed by atoms with Crippen molar-refractivity contribution in [3.63, 3.8) is 0 Å². The molecule has 6 heteroatoms. The lowest BCUT2D eigenvalue weighted by atomic mass is 10.0. The maximum Gasteiger partial charge on any atom is 0.195 e. The van der Waals surface area contributed by atoms with Crippen LogP contribution in [0.25, 0.3) is 21.9 Å². The van der Waals surface area contributed by atoms with E-state index in [-0.39, 0.29) is 16.3 Å². The average molecular weight is 438 g/mol. The zero-order valence-corrected chi connectivity index (χ0v) is 16.8. The molecule has 0 radical (unpaired) electrons. The SMILES string of the molecule is COCc1ccc(-c2cc(F)c(C#Cc3ccc4c(F)c(F)c(F)cc4c3)c(F)c2)cc1. The van der Waals surface area contributed by atoms with Crippen LogP contribution in [-0.4, -0.2) is 7.11 Å². The van der Waals surface area contributed by atoms with Gasteiger partial charge in [0.15, 0.2) is 17.5 Å². The summed E-state index contributed by atoms with van der Waals surface area (Å²) >= 11 is 0. The number of benzene rings is 4. The van der Waals surface area contributed by atoms with Gasteiger partial charge >= 0.3 is 0 Å². The third-order valence-corrected chi connectivity index (χ3v) is 4.94. The molecule has 0 aliphatic rings. The van der Waals surface area contributed by atoms with Gasteiger partial charge in [0.25, 0.3) is 0 Å². The van der Waals surface area contributed by atoms with E-state index in [0.717, 1.165) is 11.6 Å². The van der Waals surface area contributed by atoms with Gasteiger partial charge in [-0.15, -0.1) is 0 Å². The summed E-state index contributed by atoms with van der Waals surface area (Å²) in [5.41, 5.74) is 1.75. The first-order valence-corrected chi connectivity index (χ1v) is 9.54. The van der Waals surface area contributed by atoms with Crippen molar-refractivity contribution in [2.24, 2.45) is 0 Å². The molecular formula is C26H15F5O. The number of hydrogen-bond donors (Lipinski definition) is 0. The number of halogens is 5. The van der Waals surface area contributed by atoms with Crippen LogP contribution >= 0.6 is 0 Å². The Hall–Kier alpha value is -3.69. The van der Waals surface area contributed by atoms with Crippen LogP contribution in [0.15, 0.2) is 60.7 Å². The number of methoxy groups -OCH3 is 1. The molecule has 0 heterocycles. The van der Waals surface area contributed by atoms with E-state index in [2.05, 4.69) is 11.8 Å². The molecule has 4 aromatic carbocycles. The van der Waals surface area contributed by atoms with Gasteiger partial charge in [0.2, 0.25) is 0 Å². The van der Waals surface area contributed by atoms with Crippen molar-refractivity contribution in [1.29, 1.82) is 0 Å². The van der Waals surface area contributed by atoms with Crippen LogP contribution in [0.3, 0.4) is 0 Å². The molecule has 1 nitrogen and oxygen atoms in total. The van der Waals surface area contributed by atoms with Crippen molar-refractivity contribution in [2.75, 3.05) is 7.11 Å². The van der Waals surface area contributed by atoms with E-state index < -0.39 is 34.6 Å². The van der Waals surface area contributed by atoms with Gasteiger partial charge in [-0.1, -0.05) is 42.2 Å². The van der Waals surface area contributed by atoms with E-state index in [4.69, 9.17) is 4.74 Å². The Morgan fingerprint density at radius 2 is 1.38 bits per heavy atom. The molecule has 0 aliphatic carbocycles. The highest BCUT2D eigenvalue weighted by atomic mass is 19.2. The van der Waals surface area contributed by atoms with Gasteiger partial charge in [-0.25, -0.2) is 22.0 Å². The molecular weight excluding hydrogens is 423 g/mol. The number of rotatable bonds is 3. The Morgan fingerprint density at radius 1 is 0.688 bits per heavy atom. The fourth-order valence-electron chi connectivity index (χ4n) is 3.34. The van der Waals surface area contributed by atoms with E-state index in [9.17, 15) is 22.0 Å². The largest absolute Gasteiger partial charge is 0.380 e. The minimum Gasteiger partial charge on any atom is -0.380 e. The fraction of sp³-hybridized carbons (Fsp3) is 0.0769. The van der Waals surface area contributed by atoms with Crippen molar-refractivity contribution >= 4 is 10.8 Å². The van der Waals surface area contributed by atoms with E-state index in [0.29, 0.717) is 17.7 Å². The van der Waals surface area contributed by atoms with Gasteiger partial charge in [-0.3, -0.25) is 0 Å². The Kier molecular flexibility index (Phi) is 5.93. The highest BCUT2D eigenvalue weighted by Gasteiger charge is 2.14.